The zero-order valence-corrected chi connectivity index (χ0v) is 12.5. The van der Waals surface area contributed by atoms with Gasteiger partial charge in [0, 0.05) is 18.1 Å². The van der Waals surface area contributed by atoms with Gasteiger partial charge in [0.2, 0.25) is 0 Å². The van der Waals surface area contributed by atoms with Crippen molar-refractivity contribution in [3.8, 4) is 5.75 Å². The number of carbonyl (C=O) groups is 2. The molecule has 0 aliphatic rings. The summed E-state index contributed by atoms with van der Waals surface area (Å²) in [5.41, 5.74) is 0.760. The highest BCUT2D eigenvalue weighted by atomic mass is 35.5. The van der Waals surface area contributed by atoms with Crippen molar-refractivity contribution in [3.63, 3.8) is 0 Å². The molecule has 2 rings (SSSR count). The van der Waals surface area contributed by atoms with E-state index < -0.39 is 18.5 Å². The first kappa shape index (κ1) is 15.8. The minimum atomic E-state index is -0.615. The van der Waals surface area contributed by atoms with Crippen molar-refractivity contribution >= 4 is 29.2 Å². The number of methoxy groups -OCH3 is 1. The Morgan fingerprint density at radius 3 is 2.77 bits per heavy atom. The second-order valence-electron chi connectivity index (χ2n) is 4.22. The van der Waals surface area contributed by atoms with Crippen LogP contribution in [-0.4, -0.2) is 30.6 Å². The normalized spacial score (nSPS) is 9.91. The lowest BCUT2D eigenvalue weighted by Crippen LogP contribution is -2.21. The van der Waals surface area contributed by atoms with Crippen molar-refractivity contribution in [1.82, 2.24) is 4.98 Å². The summed E-state index contributed by atoms with van der Waals surface area (Å²) < 4.78 is 9.90. The second kappa shape index (κ2) is 7.42. The van der Waals surface area contributed by atoms with Gasteiger partial charge in [-0.25, -0.2) is 4.79 Å². The van der Waals surface area contributed by atoms with Crippen molar-refractivity contribution in [3.05, 3.63) is 53.3 Å². The van der Waals surface area contributed by atoms with Crippen LogP contribution in [0.3, 0.4) is 0 Å². The van der Waals surface area contributed by atoms with Gasteiger partial charge in [-0.05, 0) is 30.3 Å². The van der Waals surface area contributed by atoms with E-state index in [2.05, 4.69) is 10.3 Å². The van der Waals surface area contributed by atoms with Gasteiger partial charge in [0.25, 0.3) is 5.91 Å². The standard InChI is InChI=1S/C15H13ClN2O4/c1-21-13-5-4-11(7-12(13)16)18-14(19)9-22-15(20)10-3-2-6-17-8-10/h2-8H,9H2,1H3,(H,18,19). The Labute approximate surface area is 132 Å². The number of aromatic nitrogens is 1. The Morgan fingerprint density at radius 1 is 1.32 bits per heavy atom. The van der Waals surface area contributed by atoms with Gasteiger partial charge in [0.1, 0.15) is 5.75 Å². The number of benzene rings is 1. The molecule has 0 atom stereocenters. The van der Waals surface area contributed by atoms with E-state index in [1.807, 2.05) is 0 Å². The lowest BCUT2D eigenvalue weighted by atomic mass is 10.3. The van der Waals surface area contributed by atoms with Crippen LogP contribution in [0.15, 0.2) is 42.7 Å². The second-order valence-corrected chi connectivity index (χ2v) is 4.62. The van der Waals surface area contributed by atoms with E-state index >= 15 is 0 Å². The maximum atomic E-state index is 11.7. The summed E-state index contributed by atoms with van der Waals surface area (Å²) in [6.45, 7) is -0.405. The number of anilines is 1. The first-order valence-corrected chi connectivity index (χ1v) is 6.68. The fourth-order valence-corrected chi connectivity index (χ4v) is 1.90. The topological polar surface area (TPSA) is 77.5 Å². The van der Waals surface area contributed by atoms with Gasteiger partial charge >= 0.3 is 5.97 Å². The molecule has 1 heterocycles. The van der Waals surface area contributed by atoms with E-state index in [9.17, 15) is 9.59 Å². The fourth-order valence-electron chi connectivity index (χ4n) is 1.64. The Bertz CT molecular complexity index is 676. The molecule has 0 unspecified atom stereocenters. The minimum absolute atomic E-state index is 0.280. The molecule has 0 spiro atoms. The molecule has 22 heavy (non-hydrogen) atoms. The molecule has 0 aliphatic heterocycles. The van der Waals surface area contributed by atoms with Gasteiger partial charge in [-0.15, -0.1) is 0 Å². The number of nitrogens with zero attached hydrogens (tertiary/aromatic N) is 1. The van der Waals surface area contributed by atoms with Crippen LogP contribution < -0.4 is 10.1 Å². The molecule has 0 saturated carbocycles. The first-order chi connectivity index (χ1) is 10.6. The molecule has 0 radical (unpaired) electrons. The predicted molar refractivity (Wildman–Crippen MR) is 81.2 cm³/mol. The largest absolute Gasteiger partial charge is 0.495 e. The number of hydrogen-bond acceptors (Lipinski definition) is 5. The van der Waals surface area contributed by atoms with Crippen molar-refractivity contribution in [2.45, 2.75) is 0 Å². The van der Waals surface area contributed by atoms with Gasteiger partial charge in [0.15, 0.2) is 6.61 Å². The molecular formula is C15H13ClN2O4. The Kier molecular flexibility index (Phi) is 5.32. The summed E-state index contributed by atoms with van der Waals surface area (Å²) >= 11 is 5.95. The maximum absolute atomic E-state index is 11.7. The lowest BCUT2D eigenvalue weighted by Gasteiger charge is -2.08. The zero-order valence-electron chi connectivity index (χ0n) is 11.7. The van der Waals surface area contributed by atoms with Gasteiger partial charge in [-0.2, -0.15) is 0 Å². The molecule has 1 aromatic heterocycles. The van der Waals surface area contributed by atoms with Crippen molar-refractivity contribution < 1.29 is 19.1 Å². The zero-order chi connectivity index (χ0) is 15.9. The summed E-state index contributed by atoms with van der Waals surface area (Å²) in [6.07, 6.45) is 2.90. The number of ether oxygens (including phenoxy) is 2. The molecule has 114 valence electrons. The summed E-state index contributed by atoms with van der Waals surface area (Å²) in [5, 5.41) is 2.94. The van der Waals surface area contributed by atoms with E-state index in [-0.39, 0.29) is 5.56 Å². The third kappa shape index (κ3) is 4.20. The van der Waals surface area contributed by atoms with Crippen LogP contribution in [0, 0.1) is 0 Å². The van der Waals surface area contributed by atoms with Crippen LogP contribution in [-0.2, 0) is 9.53 Å². The average molecular weight is 321 g/mol. The van der Waals surface area contributed by atoms with Crippen molar-refractivity contribution in [2.75, 3.05) is 19.0 Å². The van der Waals surface area contributed by atoms with E-state index in [0.717, 1.165) is 0 Å². The number of pyridine rings is 1. The van der Waals surface area contributed by atoms with Gasteiger partial charge in [0.05, 0.1) is 17.7 Å². The molecule has 6 nitrogen and oxygen atoms in total. The van der Waals surface area contributed by atoms with Crippen LogP contribution in [0.1, 0.15) is 10.4 Å². The Morgan fingerprint density at radius 2 is 2.14 bits per heavy atom. The summed E-state index contributed by atoms with van der Waals surface area (Å²) in [7, 11) is 1.50. The van der Waals surface area contributed by atoms with Crippen LogP contribution in [0.4, 0.5) is 5.69 Å². The third-order valence-corrected chi connectivity index (χ3v) is 2.96. The molecule has 0 bridgehead atoms. The van der Waals surface area contributed by atoms with Crippen molar-refractivity contribution in [1.29, 1.82) is 0 Å². The van der Waals surface area contributed by atoms with E-state index in [1.54, 1.807) is 30.3 Å². The van der Waals surface area contributed by atoms with Gasteiger partial charge in [-0.1, -0.05) is 11.6 Å². The van der Waals surface area contributed by atoms with Gasteiger partial charge < -0.3 is 14.8 Å². The number of carbonyl (C=O) groups excluding carboxylic acids is 2. The number of esters is 1. The van der Waals surface area contributed by atoms with E-state index in [4.69, 9.17) is 21.1 Å². The smallest absolute Gasteiger partial charge is 0.340 e. The highest BCUT2D eigenvalue weighted by Crippen LogP contribution is 2.27. The lowest BCUT2D eigenvalue weighted by molar-refractivity contribution is -0.119. The number of rotatable bonds is 5. The highest BCUT2D eigenvalue weighted by Gasteiger charge is 2.11. The van der Waals surface area contributed by atoms with Crippen LogP contribution in [0.25, 0.3) is 0 Å². The highest BCUT2D eigenvalue weighted by molar-refractivity contribution is 6.32. The minimum Gasteiger partial charge on any atom is -0.495 e. The summed E-state index contributed by atoms with van der Waals surface area (Å²) in [5.74, 6) is -0.586. The van der Waals surface area contributed by atoms with Crippen LogP contribution >= 0.6 is 11.6 Å². The van der Waals surface area contributed by atoms with Crippen LogP contribution in [0.5, 0.6) is 5.75 Å². The number of nitrogens with one attached hydrogen (secondary N) is 1. The summed E-state index contributed by atoms with van der Waals surface area (Å²) in [6, 6.07) is 7.96. The Balaban J connectivity index is 1.88. The maximum Gasteiger partial charge on any atom is 0.340 e. The molecular weight excluding hydrogens is 308 g/mol. The fraction of sp³-hybridized carbons (Fsp3) is 0.133. The van der Waals surface area contributed by atoms with Gasteiger partial charge in [-0.3, -0.25) is 9.78 Å². The monoisotopic (exact) mass is 320 g/mol. The first-order valence-electron chi connectivity index (χ1n) is 6.30. The summed E-state index contributed by atoms with van der Waals surface area (Å²) in [4.78, 5) is 27.2. The average Bonchev–Trinajstić information content (AvgIpc) is 2.53. The third-order valence-electron chi connectivity index (χ3n) is 2.67. The predicted octanol–water partition coefficient (Wildman–Crippen LogP) is 2.54. The van der Waals surface area contributed by atoms with E-state index in [1.165, 1.54) is 19.5 Å². The van der Waals surface area contributed by atoms with Crippen molar-refractivity contribution in [2.24, 2.45) is 0 Å². The van der Waals surface area contributed by atoms with E-state index in [0.29, 0.717) is 16.5 Å². The number of hydrogen-bond donors (Lipinski definition) is 1. The number of halogens is 1. The molecule has 1 amide bonds. The number of amides is 1. The SMILES string of the molecule is COc1ccc(NC(=O)COC(=O)c2cccnc2)cc1Cl. The molecule has 1 N–H and O–H groups in total. The molecule has 0 fully saturated rings. The quantitative estimate of drug-likeness (QED) is 0.857. The Hall–Kier alpha value is -2.60. The molecule has 2 aromatic rings. The molecule has 0 saturated heterocycles. The molecule has 0 aliphatic carbocycles. The molecule has 1 aromatic carbocycles. The molecule has 7 heteroatoms. The van der Waals surface area contributed by atoms with Crippen LogP contribution in [0.2, 0.25) is 5.02 Å².